The van der Waals surface area contributed by atoms with Crippen molar-refractivity contribution in [2.24, 2.45) is 5.92 Å². The lowest BCUT2D eigenvalue weighted by Crippen LogP contribution is -2.56. The molecule has 0 atom stereocenters. The third-order valence-corrected chi connectivity index (χ3v) is 9.27. The van der Waals surface area contributed by atoms with E-state index in [1.165, 1.54) is 24.8 Å². The number of rotatable bonds is 7. The van der Waals surface area contributed by atoms with E-state index in [0.717, 1.165) is 42.9 Å². The molecule has 2 amide bonds. The minimum Gasteiger partial charge on any atom is -0.315 e. The van der Waals surface area contributed by atoms with Crippen LogP contribution in [0.25, 0.3) is 0 Å². The number of aromatic nitrogens is 1. The fourth-order valence-electron chi connectivity index (χ4n) is 6.13. The van der Waals surface area contributed by atoms with Crippen molar-refractivity contribution in [2.75, 3.05) is 38.9 Å². The van der Waals surface area contributed by atoms with Crippen molar-refractivity contribution >= 4 is 23.6 Å². The first kappa shape index (κ1) is 23.5. The average Bonchev–Trinajstić information content (AvgIpc) is 3.07. The molecule has 1 aromatic carbocycles. The number of amides is 2. The van der Waals surface area contributed by atoms with Gasteiger partial charge in [-0.2, -0.15) is 0 Å². The molecule has 3 fully saturated rings. The van der Waals surface area contributed by atoms with Crippen LogP contribution in [0.15, 0.2) is 53.6 Å². The van der Waals surface area contributed by atoms with Crippen LogP contribution in [0.2, 0.25) is 0 Å². The smallest absolute Gasteiger partial charge is 0.315 e. The van der Waals surface area contributed by atoms with Crippen LogP contribution in [-0.4, -0.2) is 64.8 Å². The molecule has 182 valence electrons. The van der Waals surface area contributed by atoms with Crippen molar-refractivity contribution in [1.82, 2.24) is 19.8 Å². The molecule has 1 aliphatic heterocycles. The highest BCUT2D eigenvalue weighted by Gasteiger charge is 2.55. The molecular formula is C27H37N5OS. The van der Waals surface area contributed by atoms with Gasteiger partial charge in [-0.25, -0.2) is 14.8 Å². The van der Waals surface area contributed by atoms with Gasteiger partial charge in [0.25, 0.3) is 0 Å². The number of nitrogens with zero attached hydrogens (tertiary/aromatic N) is 4. The van der Waals surface area contributed by atoms with Crippen LogP contribution in [0.4, 0.5) is 10.6 Å². The van der Waals surface area contributed by atoms with Gasteiger partial charge in [0.1, 0.15) is 5.82 Å². The lowest BCUT2D eigenvalue weighted by molar-refractivity contribution is 0.0162. The highest BCUT2D eigenvalue weighted by molar-refractivity contribution is 7.98. The van der Waals surface area contributed by atoms with E-state index in [4.69, 9.17) is 0 Å². The van der Waals surface area contributed by atoms with Gasteiger partial charge in [0, 0.05) is 23.2 Å². The zero-order valence-corrected chi connectivity index (χ0v) is 21.5. The minimum atomic E-state index is -0.120. The van der Waals surface area contributed by atoms with Crippen LogP contribution in [-0.2, 0) is 5.54 Å². The second-order valence-corrected chi connectivity index (χ2v) is 11.4. The summed E-state index contributed by atoms with van der Waals surface area (Å²) in [7, 11) is 4.41. The Balaban J connectivity index is 1.40. The molecule has 1 saturated heterocycles. The van der Waals surface area contributed by atoms with Crippen molar-refractivity contribution in [2.45, 2.75) is 60.9 Å². The van der Waals surface area contributed by atoms with E-state index in [-0.39, 0.29) is 17.1 Å². The van der Waals surface area contributed by atoms with Crippen LogP contribution in [0.5, 0.6) is 0 Å². The summed E-state index contributed by atoms with van der Waals surface area (Å²) in [6, 6.07) is 15.0. The summed E-state index contributed by atoms with van der Waals surface area (Å²) in [5.41, 5.74) is 4.65. The standard InChI is InChI=1S/C27H37N5OS/c1-30(2)27(22-10-5-4-6-11-22)15-13-26(14-16-27)20-32(25(33)31(26)19-21-8-7-9-21)29-24-18-23(34-3)12-17-28-24/h4-6,10-12,17-18,21H,7-9,13-16,19-20H2,1-3H3,(H,28,29)/t26-,27+. The number of carbonyl (C=O) groups excluding carboxylic acids is 1. The van der Waals surface area contributed by atoms with Crippen molar-refractivity contribution < 1.29 is 4.79 Å². The Morgan fingerprint density at radius 3 is 2.47 bits per heavy atom. The van der Waals surface area contributed by atoms with Gasteiger partial charge in [-0.15, -0.1) is 11.8 Å². The lowest BCUT2D eigenvalue weighted by atomic mass is 9.68. The van der Waals surface area contributed by atoms with Crippen molar-refractivity contribution in [3.8, 4) is 0 Å². The number of hydrazine groups is 1. The van der Waals surface area contributed by atoms with Gasteiger partial charge in [0.15, 0.2) is 0 Å². The number of anilines is 1. The first-order chi connectivity index (χ1) is 16.5. The molecule has 1 N–H and O–H groups in total. The molecule has 34 heavy (non-hydrogen) atoms. The van der Waals surface area contributed by atoms with E-state index in [2.05, 4.69) is 70.9 Å². The molecule has 5 rings (SSSR count). The Morgan fingerprint density at radius 2 is 1.85 bits per heavy atom. The SMILES string of the molecule is CSc1ccnc(NN2C[C@]3(CC[C@](c4ccccc4)(N(C)C)CC3)N(CC3CCC3)C2=O)c1. The summed E-state index contributed by atoms with van der Waals surface area (Å²) < 4.78 is 0. The molecule has 0 radical (unpaired) electrons. The Labute approximate surface area is 208 Å². The number of thioether (sulfide) groups is 1. The number of carbonyl (C=O) groups is 1. The van der Waals surface area contributed by atoms with Crippen LogP contribution in [0.1, 0.15) is 50.5 Å². The van der Waals surface area contributed by atoms with Crippen LogP contribution < -0.4 is 5.43 Å². The minimum absolute atomic E-state index is 0.0206. The fraction of sp³-hybridized carbons (Fsp3) is 0.556. The maximum Gasteiger partial charge on any atom is 0.339 e. The third-order valence-electron chi connectivity index (χ3n) is 8.54. The van der Waals surface area contributed by atoms with Crippen LogP contribution >= 0.6 is 11.8 Å². The van der Waals surface area contributed by atoms with Crippen molar-refractivity contribution in [3.05, 3.63) is 54.2 Å². The highest BCUT2D eigenvalue weighted by Crippen LogP contribution is 2.49. The van der Waals surface area contributed by atoms with E-state index < -0.39 is 0 Å². The van der Waals surface area contributed by atoms with Gasteiger partial charge in [-0.05, 0) is 82.5 Å². The second-order valence-electron chi connectivity index (χ2n) is 10.5. The Bertz CT molecular complexity index is 1000. The maximum atomic E-state index is 13.7. The number of hydrogen-bond acceptors (Lipinski definition) is 5. The summed E-state index contributed by atoms with van der Waals surface area (Å²) in [5.74, 6) is 1.39. The first-order valence-electron chi connectivity index (χ1n) is 12.5. The second kappa shape index (κ2) is 9.42. The topological polar surface area (TPSA) is 51.7 Å². The van der Waals surface area contributed by atoms with E-state index in [9.17, 15) is 4.79 Å². The molecule has 0 unspecified atom stereocenters. The third kappa shape index (κ3) is 4.17. The number of pyridine rings is 1. The molecule has 2 aliphatic carbocycles. The summed E-state index contributed by atoms with van der Waals surface area (Å²) in [4.78, 5) is 24.0. The number of urea groups is 1. The number of benzene rings is 1. The van der Waals surface area contributed by atoms with Crippen LogP contribution in [0, 0.1) is 5.92 Å². The molecule has 1 aromatic heterocycles. The zero-order valence-electron chi connectivity index (χ0n) is 20.7. The molecule has 6 nitrogen and oxygen atoms in total. The van der Waals surface area contributed by atoms with E-state index in [1.54, 1.807) is 11.8 Å². The maximum absolute atomic E-state index is 13.7. The highest BCUT2D eigenvalue weighted by atomic mass is 32.2. The summed E-state index contributed by atoms with van der Waals surface area (Å²) in [6.45, 7) is 1.59. The van der Waals surface area contributed by atoms with E-state index in [0.29, 0.717) is 12.5 Å². The molecule has 2 aromatic rings. The first-order valence-corrected chi connectivity index (χ1v) is 13.8. The number of nitrogens with one attached hydrogen (secondary N) is 1. The quantitative estimate of drug-likeness (QED) is 0.536. The Hall–Kier alpha value is -2.25. The summed E-state index contributed by atoms with van der Waals surface area (Å²) in [5, 5.41) is 1.83. The predicted molar refractivity (Wildman–Crippen MR) is 139 cm³/mol. The van der Waals surface area contributed by atoms with Gasteiger partial charge in [0.05, 0.1) is 12.1 Å². The normalized spacial score (nSPS) is 27.5. The Kier molecular flexibility index (Phi) is 6.51. The monoisotopic (exact) mass is 479 g/mol. The molecular weight excluding hydrogens is 442 g/mol. The predicted octanol–water partition coefficient (Wildman–Crippen LogP) is 5.44. The van der Waals surface area contributed by atoms with Gasteiger partial charge in [-0.1, -0.05) is 36.8 Å². The Morgan fingerprint density at radius 1 is 1.12 bits per heavy atom. The molecule has 2 saturated carbocycles. The average molecular weight is 480 g/mol. The fourth-order valence-corrected chi connectivity index (χ4v) is 6.55. The largest absolute Gasteiger partial charge is 0.339 e. The van der Waals surface area contributed by atoms with E-state index in [1.807, 2.05) is 23.3 Å². The molecule has 3 aliphatic rings. The molecule has 0 bridgehead atoms. The van der Waals surface area contributed by atoms with Gasteiger partial charge in [0.2, 0.25) is 0 Å². The number of hydrogen-bond donors (Lipinski definition) is 1. The summed E-state index contributed by atoms with van der Waals surface area (Å²) >= 11 is 1.68. The lowest BCUT2D eigenvalue weighted by Gasteiger charge is -2.51. The molecule has 1 spiro atoms. The van der Waals surface area contributed by atoms with Crippen LogP contribution in [0.3, 0.4) is 0 Å². The van der Waals surface area contributed by atoms with Gasteiger partial charge < -0.3 is 4.90 Å². The van der Waals surface area contributed by atoms with E-state index >= 15 is 0 Å². The van der Waals surface area contributed by atoms with Gasteiger partial charge >= 0.3 is 6.03 Å². The molecule has 2 heterocycles. The van der Waals surface area contributed by atoms with Gasteiger partial charge in [-0.3, -0.25) is 10.3 Å². The van der Waals surface area contributed by atoms with Crippen molar-refractivity contribution in [3.63, 3.8) is 0 Å². The summed E-state index contributed by atoms with van der Waals surface area (Å²) in [6.07, 6.45) is 11.8. The zero-order chi connectivity index (χ0) is 23.8. The molecule has 7 heteroatoms. The van der Waals surface area contributed by atoms with Crippen molar-refractivity contribution in [1.29, 1.82) is 0 Å².